The molecule has 0 saturated heterocycles. The van der Waals surface area contributed by atoms with E-state index in [9.17, 15) is 9.46 Å². The molecule has 0 aliphatic heterocycles. The highest BCUT2D eigenvalue weighted by Gasteiger charge is 2.25. The molecule has 0 aromatic carbocycles. The molecule has 0 amide bonds. The first kappa shape index (κ1) is 56.0. The van der Waals surface area contributed by atoms with Gasteiger partial charge in [-0.25, -0.2) is 4.57 Å². The summed E-state index contributed by atoms with van der Waals surface area (Å²) in [4.78, 5) is 10.3. The van der Waals surface area contributed by atoms with Crippen molar-refractivity contribution in [1.82, 2.24) is 0 Å². The van der Waals surface area contributed by atoms with E-state index in [1.807, 2.05) is 21.1 Å². The first-order chi connectivity index (χ1) is 26.3. The number of phosphoric ester groups is 1. The van der Waals surface area contributed by atoms with Crippen LogP contribution in [0.5, 0.6) is 0 Å². The Morgan fingerprint density at radius 3 is 1.14 bits per heavy atom. The zero-order valence-electron chi connectivity index (χ0n) is 40.0. The third kappa shape index (κ3) is 38.2. The molecule has 0 radical (unpaired) electrons. The van der Waals surface area contributed by atoms with Gasteiger partial charge in [0, 0.05) is 13.2 Å². The SMILES string of the molecule is CC(C)CCCC(C)CCCC(C)CCCC(C)CCOCC(COP(=O)(O)OCC[N+](C)(C)C)OCCC(C)CCCC(C)CCCC(C)CCCC(C)C. The highest BCUT2D eigenvalue weighted by Crippen LogP contribution is 2.43. The average Bonchev–Trinajstić information content (AvgIpc) is 3.07. The van der Waals surface area contributed by atoms with Crippen LogP contribution < -0.4 is 0 Å². The molecule has 8 unspecified atom stereocenters. The maximum atomic E-state index is 12.6. The Balaban J connectivity index is 4.55. The van der Waals surface area contributed by atoms with Crippen LogP contribution in [0.25, 0.3) is 0 Å². The predicted molar refractivity (Wildman–Crippen MR) is 242 cm³/mol. The van der Waals surface area contributed by atoms with Crippen LogP contribution in [0.4, 0.5) is 0 Å². The van der Waals surface area contributed by atoms with Crippen molar-refractivity contribution >= 4 is 7.82 Å². The zero-order valence-corrected chi connectivity index (χ0v) is 40.9. The van der Waals surface area contributed by atoms with Crippen LogP contribution in [0, 0.1) is 47.3 Å². The van der Waals surface area contributed by atoms with Crippen LogP contribution in [-0.2, 0) is 23.1 Å². The summed E-state index contributed by atoms with van der Waals surface area (Å²) >= 11 is 0. The third-order valence-corrected chi connectivity index (χ3v) is 13.0. The molecular weight excluding hydrogens is 718 g/mol. The van der Waals surface area contributed by atoms with E-state index in [0.29, 0.717) is 42.7 Å². The smallest absolute Gasteiger partial charge is 0.379 e. The van der Waals surface area contributed by atoms with Crippen molar-refractivity contribution in [2.24, 2.45) is 47.3 Å². The summed E-state index contributed by atoms with van der Waals surface area (Å²) in [5.41, 5.74) is 0. The van der Waals surface area contributed by atoms with Gasteiger partial charge in [-0.15, -0.1) is 0 Å². The lowest BCUT2D eigenvalue weighted by Crippen LogP contribution is -2.37. The van der Waals surface area contributed by atoms with Crippen molar-refractivity contribution < 1.29 is 32.5 Å². The van der Waals surface area contributed by atoms with Crippen LogP contribution in [-0.4, -0.2) is 76.2 Å². The number of ether oxygens (including phenoxy) is 2. The molecule has 0 heterocycles. The van der Waals surface area contributed by atoms with Crippen molar-refractivity contribution in [3.05, 3.63) is 0 Å². The molecule has 0 spiro atoms. The molecule has 0 fully saturated rings. The molecule has 338 valence electrons. The summed E-state index contributed by atoms with van der Waals surface area (Å²) in [6.45, 7) is 26.0. The third-order valence-electron chi connectivity index (χ3n) is 12.0. The number of phosphoric acid groups is 1. The van der Waals surface area contributed by atoms with E-state index < -0.39 is 13.9 Å². The van der Waals surface area contributed by atoms with E-state index >= 15 is 0 Å². The second kappa shape index (κ2) is 33.7. The van der Waals surface area contributed by atoms with E-state index in [4.69, 9.17) is 18.5 Å². The van der Waals surface area contributed by atoms with Gasteiger partial charge >= 0.3 is 7.82 Å². The van der Waals surface area contributed by atoms with E-state index in [-0.39, 0.29) is 13.2 Å². The highest BCUT2D eigenvalue weighted by molar-refractivity contribution is 7.47. The summed E-state index contributed by atoms with van der Waals surface area (Å²) in [5.74, 6) is 6.15. The Morgan fingerprint density at radius 2 is 0.786 bits per heavy atom. The van der Waals surface area contributed by atoms with Gasteiger partial charge in [-0.3, -0.25) is 9.05 Å². The van der Waals surface area contributed by atoms with Crippen molar-refractivity contribution in [2.75, 3.05) is 60.7 Å². The Kier molecular flexibility index (Phi) is 33.7. The van der Waals surface area contributed by atoms with Crippen molar-refractivity contribution in [1.29, 1.82) is 0 Å². The van der Waals surface area contributed by atoms with E-state index in [2.05, 4.69) is 69.2 Å². The quantitative estimate of drug-likeness (QED) is 0.0377. The summed E-state index contributed by atoms with van der Waals surface area (Å²) in [6, 6.07) is 0. The molecule has 0 aliphatic rings. The molecule has 0 rings (SSSR count). The maximum absolute atomic E-state index is 12.6. The lowest BCUT2D eigenvalue weighted by Gasteiger charge is -2.24. The van der Waals surface area contributed by atoms with Crippen LogP contribution in [0.2, 0.25) is 0 Å². The Bertz CT molecular complexity index is 926. The molecule has 0 aliphatic carbocycles. The Labute approximate surface area is 351 Å². The van der Waals surface area contributed by atoms with Gasteiger partial charge in [0.05, 0.1) is 34.4 Å². The molecule has 8 heteroatoms. The van der Waals surface area contributed by atoms with Crippen LogP contribution >= 0.6 is 7.82 Å². The molecular formula is C48H101NO6P+. The van der Waals surface area contributed by atoms with Gasteiger partial charge in [0.2, 0.25) is 0 Å². The van der Waals surface area contributed by atoms with Crippen LogP contribution in [0.1, 0.15) is 198 Å². The predicted octanol–water partition coefficient (Wildman–Crippen LogP) is 14.2. The second-order valence-corrected chi connectivity index (χ2v) is 22.2. The molecule has 0 aromatic heterocycles. The number of likely N-dealkylation sites (N-methyl/N-ethyl adjacent to an activating group) is 1. The summed E-state index contributed by atoms with van der Waals surface area (Å²) < 4.78 is 36.3. The first-order valence-electron chi connectivity index (χ1n) is 23.9. The van der Waals surface area contributed by atoms with Gasteiger partial charge in [0.15, 0.2) is 0 Å². The molecule has 56 heavy (non-hydrogen) atoms. The minimum atomic E-state index is -4.17. The average molecular weight is 819 g/mol. The molecule has 0 bridgehead atoms. The lowest BCUT2D eigenvalue weighted by atomic mass is 9.91. The van der Waals surface area contributed by atoms with Gasteiger partial charge < -0.3 is 18.9 Å². The molecule has 1 N–H and O–H groups in total. The van der Waals surface area contributed by atoms with Crippen molar-refractivity contribution in [2.45, 2.75) is 204 Å². The fraction of sp³-hybridized carbons (Fsp3) is 1.00. The van der Waals surface area contributed by atoms with Gasteiger partial charge in [0.25, 0.3) is 0 Å². The first-order valence-corrected chi connectivity index (χ1v) is 25.4. The van der Waals surface area contributed by atoms with Gasteiger partial charge in [-0.1, -0.05) is 185 Å². The van der Waals surface area contributed by atoms with Gasteiger partial charge in [-0.2, -0.15) is 0 Å². The topological polar surface area (TPSA) is 74.2 Å². The molecule has 7 nitrogen and oxygen atoms in total. The minimum absolute atomic E-state index is 0.0233. The zero-order chi connectivity index (χ0) is 42.4. The van der Waals surface area contributed by atoms with E-state index in [1.54, 1.807) is 0 Å². The lowest BCUT2D eigenvalue weighted by molar-refractivity contribution is -0.870. The summed E-state index contributed by atoms with van der Waals surface area (Å²) in [5, 5.41) is 0. The molecule has 0 aromatic rings. The van der Waals surface area contributed by atoms with Crippen LogP contribution in [0.3, 0.4) is 0 Å². The number of quaternary nitrogens is 1. The van der Waals surface area contributed by atoms with Crippen molar-refractivity contribution in [3.63, 3.8) is 0 Å². The monoisotopic (exact) mass is 819 g/mol. The fourth-order valence-corrected chi connectivity index (χ4v) is 8.34. The standard InChI is InChI=1S/C48H100NO6P/c1-40(2)20-14-22-42(5)24-16-26-44(7)28-18-30-46(9)32-35-52-38-48(39-55-56(50,51)54-37-34-49(11,12)13)53-36-33-47(10)31-19-29-45(8)27-17-25-43(6)23-15-21-41(3)4/h40-48H,14-39H2,1-13H3/p+1. The van der Waals surface area contributed by atoms with E-state index in [1.165, 1.54) is 116 Å². The molecule has 0 saturated carbocycles. The largest absolute Gasteiger partial charge is 0.472 e. The van der Waals surface area contributed by atoms with Gasteiger partial charge in [0.1, 0.15) is 19.3 Å². The summed E-state index contributed by atoms with van der Waals surface area (Å²) in [6.07, 6.45) is 25.6. The fourth-order valence-electron chi connectivity index (χ4n) is 7.60. The highest BCUT2D eigenvalue weighted by atomic mass is 31.2. The maximum Gasteiger partial charge on any atom is 0.472 e. The second-order valence-electron chi connectivity index (χ2n) is 20.8. The van der Waals surface area contributed by atoms with Crippen molar-refractivity contribution in [3.8, 4) is 0 Å². The Morgan fingerprint density at radius 1 is 0.446 bits per heavy atom. The van der Waals surface area contributed by atoms with Crippen LogP contribution in [0.15, 0.2) is 0 Å². The number of nitrogens with zero attached hydrogens (tertiary/aromatic N) is 1. The minimum Gasteiger partial charge on any atom is -0.379 e. The Hall–Kier alpha value is -0.0100. The number of hydrogen-bond donors (Lipinski definition) is 1. The normalized spacial score (nSPS) is 17.5. The number of hydrogen-bond acceptors (Lipinski definition) is 5. The summed E-state index contributed by atoms with van der Waals surface area (Å²) in [7, 11) is 1.89. The number of rotatable bonds is 40. The van der Waals surface area contributed by atoms with E-state index in [0.717, 1.165) is 48.3 Å². The van der Waals surface area contributed by atoms with Gasteiger partial charge in [-0.05, 0) is 60.2 Å². The molecule has 8 atom stereocenters.